The molecule has 0 saturated carbocycles. The van der Waals surface area contributed by atoms with Crippen molar-refractivity contribution in [1.82, 2.24) is 0 Å². The molecule has 0 atom stereocenters. The summed E-state index contributed by atoms with van der Waals surface area (Å²) in [5.74, 6) is 0. The van der Waals surface area contributed by atoms with Gasteiger partial charge in [0.2, 0.25) is 0 Å². The lowest BCUT2D eigenvalue weighted by Gasteiger charge is -2.14. The summed E-state index contributed by atoms with van der Waals surface area (Å²) in [5, 5.41) is 1.24. The lowest BCUT2D eigenvalue weighted by molar-refractivity contribution is 0.502. The van der Waals surface area contributed by atoms with Crippen molar-refractivity contribution >= 4 is 27.5 Å². The molecule has 88 valence electrons. The van der Waals surface area contributed by atoms with Crippen LogP contribution in [0.5, 0.6) is 0 Å². The number of hydrogen-bond acceptors (Lipinski definition) is 2. The van der Waals surface area contributed by atoms with Crippen LogP contribution >= 0.6 is 7.12 Å². The van der Waals surface area contributed by atoms with Crippen LogP contribution in [0.4, 0.5) is 0 Å². The molecule has 0 aromatic heterocycles. The third-order valence-corrected chi connectivity index (χ3v) is 6.86. The van der Waals surface area contributed by atoms with Crippen LogP contribution in [0.15, 0.2) is 60.7 Å². The molecule has 17 heavy (non-hydrogen) atoms. The van der Waals surface area contributed by atoms with Gasteiger partial charge in [-0.25, -0.2) is 0 Å². The summed E-state index contributed by atoms with van der Waals surface area (Å²) in [5.41, 5.74) is 0. The van der Waals surface area contributed by atoms with Crippen LogP contribution in [0.1, 0.15) is 0 Å². The van der Waals surface area contributed by atoms with E-state index in [0.717, 1.165) is 0 Å². The Morgan fingerprint density at radius 2 is 1.12 bits per heavy atom. The Balaban J connectivity index is 2.56. The smallest absolute Gasteiger partial charge is 0.282 e. The van der Waals surface area contributed by atoms with Gasteiger partial charge in [0.05, 0.1) is 0 Å². The lowest BCUT2D eigenvalue weighted by Crippen LogP contribution is -2.17. The van der Waals surface area contributed by atoms with Gasteiger partial charge < -0.3 is 0 Å². The summed E-state index contributed by atoms with van der Waals surface area (Å²) in [7, 11) is -5.87. The van der Waals surface area contributed by atoms with Crippen molar-refractivity contribution in [3.8, 4) is 0 Å². The molecule has 2 rings (SSSR count). The first-order valence-corrected chi connectivity index (χ1v) is 8.35. The standard InChI is InChI=1S/C12H11O3PS/c13-17(14,15)16(11-7-3-1-4-8-11)12-9-5-2-6-10-12/h1-10H,(H,13,14,15). The van der Waals surface area contributed by atoms with Crippen LogP contribution in [0, 0.1) is 0 Å². The zero-order valence-corrected chi connectivity index (χ0v) is 10.6. The SMILES string of the molecule is O=S(=O)(O)P(c1ccccc1)c1ccccc1. The average molecular weight is 266 g/mol. The van der Waals surface area contributed by atoms with Crippen LogP contribution in [0.25, 0.3) is 0 Å². The lowest BCUT2D eigenvalue weighted by atomic mass is 10.4. The summed E-state index contributed by atoms with van der Waals surface area (Å²) >= 11 is 0. The fourth-order valence-corrected chi connectivity index (χ4v) is 5.59. The zero-order chi connectivity index (χ0) is 12.3. The van der Waals surface area contributed by atoms with Crippen molar-refractivity contribution in [2.24, 2.45) is 0 Å². The van der Waals surface area contributed by atoms with Gasteiger partial charge in [0.15, 0.2) is 0 Å². The summed E-state index contributed by atoms with van der Waals surface area (Å²) in [6.45, 7) is 0. The van der Waals surface area contributed by atoms with E-state index in [1.165, 1.54) is 0 Å². The maximum absolute atomic E-state index is 11.5. The first kappa shape index (κ1) is 12.2. The molecule has 0 saturated heterocycles. The second-order valence-electron chi connectivity index (χ2n) is 3.41. The van der Waals surface area contributed by atoms with Gasteiger partial charge in [0.25, 0.3) is 9.74 Å². The van der Waals surface area contributed by atoms with E-state index in [0.29, 0.717) is 10.6 Å². The molecule has 0 aliphatic heterocycles. The monoisotopic (exact) mass is 266 g/mol. The van der Waals surface area contributed by atoms with Crippen molar-refractivity contribution < 1.29 is 13.0 Å². The Morgan fingerprint density at radius 3 is 1.41 bits per heavy atom. The first-order chi connectivity index (χ1) is 8.09. The van der Waals surface area contributed by atoms with Gasteiger partial charge in [-0.15, -0.1) is 0 Å². The summed E-state index contributed by atoms with van der Waals surface area (Å²) in [6, 6.07) is 17.5. The first-order valence-electron chi connectivity index (χ1n) is 4.97. The third kappa shape index (κ3) is 2.91. The predicted molar refractivity (Wildman–Crippen MR) is 70.6 cm³/mol. The van der Waals surface area contributed by atoms with Crippen LogP contribution < -0.4 is 10.6 Å². The molecule has 0 heterocycles. The Morgan fingerprint density at radius 1 is 0.765 bits per heavy atom. The van der Waals surface area contributed by atoms with Crippen molar-refractivity contribution in [3.05, 3.63) is 60.7 Å². The Kier molecular flexibility index (Phi) is 3.57. The highest BCUT2D eigenvalue weighted by atomic mass is 32.8. The van der Waals surface area contributed by atoms with E-state index >= 15 is 0 Å². The summed E-state index contributed by atoms with van der Waals surface area (Å²) in [4.78, 5) is 0. The van der Waals surface area contributed by atoms with E-state index in [-0.39, 0.29) is 0 Å². The summed E-state index contributed by atoms with van der Waals surface area (Å²) in [6.07, 6.45) is 0. The Bertz CT molecular complexity index is 542. The molecule has 0 amide bonds. The predicted octanol–water partition coefficient (Wildman–Crippen LogP) is 1.92. The minimum Gasteiger partial charge on any atom is -0.282 e. The Labute approximate surface area is 101 Å². The quantitative estimate of drug-likeness (QED) is 0.682. The van der Waals surface area contributed by atoms with Gasteiger partial charge in [0.1, 0.15) is 7.12 Å². The molecule has 0 spiro atoms. The van der Waals surface area contributed by atoms with Gasteiger partial charge in [-0.3, -0.25) is 4.55 Å². The van der Waals surface area contributed by atoms with E-state index in [4.69, 9.17) is 0 Å². The highest BCUT2D eigenvalue weighted by Gasteiger charge is 2.26. The molecule has 5 heteroatoms. The topological polar surface area (TPSA) is 54.4 Å². The van der Waals surface area contributed by atoms with Crippen LogP contribution in [0.2, 0.25) is 0 Å². The second kappa shape index (κ2) is 4.96. The second-order valence-corrected chi connectivity index (χ2v) is 8.41. The number of benzene rings is 2. The maximum Gasteiger partial charge on any atom is 0.289 e. The van der Waals surface area contributed by atoms with Crippen LogP contribution in [0.3, 0.4) is 0 Å². The van der Waals surface area contributed by atoms with Gasteiger partial charge in [0, 0.05) is 0 Å². The number of hydrogen-bond donors (Lipinski definition) is 1. The van der Waals surface area contributed by atoms with E-state index in [1.54, 1.807) is 48.5 Å². The van der Waals surface area contributed by atoms with Gasteiger partial charge >= 0.3 is 0 Å². The molecule has 0 aliphatic carbocycles. The fraction of sp³-hybridized carbons (Fsp3) is 0. The molecule has 2 aromatic rings. The molecule has 0 radical (unpaired) electrons. The van der Waals surface area contributed by atoms with Gasteiger partial charge in [-0.1, -0.05) is 60.7 Å². The highest BCUT2D eigenvalue weighted by Crippen LogP contribution is 2.39. The van der Waals surface area contributed by atoms with E-state index < -0.39 is 16.9 Å². The fourth-order valence-electron chi connectivity index (χ4n) is 1.54. The van der Waals surface area contributed by atoms with Crippen molar-refractivity contribution in [1.29, 1.82) is 0 Å². The van der Waals surface area contributed by atoms with Crippen molar-refractivity contribution in [3.63, 3.8) is 0 Å². The molecule has 2 aromatic carbocycles. The minimum atomic E-state index is -4.11. The van der Waals surface area contributed by atoms with E-state index in [2.05, 4.69) is 0 Å². The van der Waals surface area contributed by atoms with Crippen molar-refractivity contribution in [2.75, 3.05) is 0 Å². The molecule has 1 N–H and O–H groups in total. The molecule has 0 unspecified atom stereocenters. The molecule has 0 fully saturated rings. The Hall–Kier alpha value is -1.22. The minimum absolute atomic E-state index is 0.621. The molecule has 3 nitrogen and oxygen atoms in total. The van der Waals surface area contributed by atoms with Gasteiger partial charge in [-0.2, -0.15) is 8.42 Å². The number of rotatable bonds is 3. The normalized spacial score (nSPS) is 11.6. The molecule has 0 aliphatic rings. The molecule has 0 bridgehead atoms. The maximum atomic E-state index is 11.5. The van der Waals surface area contributed by atoms with E-state index in [9.17, 15) is 13.0 Å². The largest absolute Gasteiger partial charge is 0.289 e. The van der Waals surface area contributed by atoms with E-state index in [1.807, 2.05) is 12.1 Å². The average Bonchev–Trinajstić information content (AvgIpc) is 2.30. The highest BCUT2D eigenvalue weighted by molar-refractivity contribution is 8.52. The molecular formula is C12H11O3PS. The zero-order valence-electron chi connectivity index (χ0n) is 8.89. The third-order valence-electron chi connectivity index (χ3n) is 2.21. The van der Waals surface area contributed by atoms with Crippen LogP contribution in [-0.2, 0) is 9.74 Å². The van der Waals surface area contributed by atoms with Gasteiger partial charge in [-0.05, 0) is 10.6 Å². The van der Waals surface area contributed by atoms with Crippen molar-refractivity contribution in [2.45, 2.75) is 0 Å². The summed E-state index contributed by atoms with van der Waals surface area (Å²) < 4.78 is 32.4. The molecular weight excluding hydrogens is 255 g/mol. The van der Waals surface area contributed by atoms with Crippen LogP contribution in [-0.4, -0.2) is 13.0 Å².